The fraction of sp³-hybridized carbons (Fsp3) is 0.0588. The number of hydrogen-bond acceptors (Lipinski definition) is 2. The molecule has 10 rings (SSSR count). The van der Waals surface area contributed by atoms with Crippen LogP contribution in [0.25, 0.3) is 66.4 Å². The van der Waals surface area contributed by atoms with Crippen molar-refractivity contribution in [2.75, 3.05) is 4.90 Å². The van der Waals surface area contributed by atoms with Crippen LogP contribution in [0.3, 0.4) is 0 Å². The standard InChI is InChI=1S/C51H37NO/c1-51(2)47-19-11-9-17-42(47)43-30-29-41(33-48(43)51)52(39-15-7-4-8-16-39)40-27-25-35(26-28-40)34-21-23-36(24-22-34)38-31-45(37-13-5-3-6-14-37)50-46(32-38)44-18-10-12-20-49(44)53-50/h3-33H,1-2H3. The summed E-state index contributed by atoms with van der Waals surface area (Å²) in [5.74, 6) is 0. The van der Waals surface area contributed by atoms with Crippen LogP contribution in [-0.2, 0) is 5.41 Å². The molecule has 0 spiro atoms. The molecule has 1 aromatic heterocycles. The molecule has 0 amide bonds. The highest BCUT2D eigenvalue weighted by molar-refractivity contribution is 6.11. The molecule has 0 N–H and O–H groups in total. The molecule has 0 saturated heterocycles. The van der Waals surface area contributed by atoms with Crippen molar-refractivity contribution >= 4 is 39.0 Å². The van der Waals surface area contributed by atoms with E-state index in [1.807, 2.05) is 6.07 Å². The Balaban J connectivity index is 0.999. The van der Waals surface area contributed by atoms with Gasteiger partial charge < -0.3 is 9.32 Å². The Labute approximate surface area is 310 Å². The summed E-state index contributed by atoms with van der Waals surface area (Å²) in [5, 5.41) is 2.27. The van der Waals surface area contributed by atoms with E-state index in [0.717, 1.165) is 50.1 Å². The van der Waals surface area contributed by atoms with Crippen LogP contribution in [0.1, 0.15) is 25.0 Å². The lowest BCUT2D eigenvalue weighted by molar-refractivity contribution is 0.660. The maximum Gasteiger partial charge on any atom is 0.143 e. The Morgan fingerprint density at radius 2 is 0.943 bits per heavy atom. The highest BCUT2D eigenvalue weighted by atomic mass is 16.3. The van der Waals surface area contributed by atoms with Gasteiger partial charge in [-0.3, -0.25) is 0 Å². The number of furan rings is 1. The second-order valence-corrected chi connectivity index (χ2v) is 14.6. The van der Waals surface area contributed by atoms with Crippen LogP contribution in [0.5, 0.6) is 0 Å². The lowest BCUT2D eigenvalue weighted by atomic mass is 9.82. The van der Waals surface area contributed by atoms with Gasteiger partial charge in [0, 0.05) is 38.8 Å². The van der Waals surface area contributed by atoms with Crippen molar-refractivity contribution in [2.45, 2.75) is 19.3 Å². The molecule has 1 aliphatic carbocycles. The van der Waals surface area contributed by atoms with Crippen LogP contribution in [-0.4, -0.2) is 0 Å². The predicted molar refractivity (Wildman–Crippen MR) is 222 cm³/mol. The molecule has 8 aromatic carbocycles. The summed E-state index contributed by atoms with van der Waals surface area (Å²) < 4.78 is 6.43. The van der Waals surface area contributed by atoms with Crippen LogP contribution in [0.2, 0.25) is 0 Å². The first-order chi connectivity index (χ1) is 26.0. The van der Waals surface area contributed by atoms with Crippen LogP contribution in [0, 0.1) is 0 Å². The molecular formula is C51H37NO. The minimum absolute atomic E-state index is 0.0680. The molecule has 2 nitrogen and oxygen atoms in total. The van der Waals surface area contributed by atoms with Crippen molar-refractivity contribution in [3.05, 3.63) is 199 Å². The van der Waals surface area contributed by atoms with Gasteiger partial charge in [0.1, 0.15) is 11.2 Å². The average Bonchev–Trinajstić information content (AvgIpc) is 3.70. The third kappa shape index (κ3) is 5.18. The number of anilines is 3. The summed E-state index contributed by atoms with van der Waals surface area (Å²) in [5.41, 5.74) is 17.6. The van der Waals surface area contributed by atoms with Crippen molar-refractivity contribution in [1.29, 1.82) is 0 Å². The Hall–Kier alpha value is -6.64. The van der Waals surface area contributed by atoms with Gasteiger partial charge >= 0.3 is 0 Å². The number of para-hydroxylation sites is 2. The smallest absolute Gasteiger partial charge is 0.143 e. The van der Waals surface area contributed by atoms with Crippen molar-refractivity contribution < 1.29 is 4.42 Å². The molecule has 9 aromatic rings. The molecule has 0 saturated carbocycles. The molecule has 53 heavy (non-hydrogen) atoms. The van der Waals surface area contributed by atoms with Crippen molar-refractivity contribution in [3.63, 3.8) is 0 Å². The fourth-order valence-electron chi connectivity index (χ4n) is 8.34. The van der Waals surface area contributed by atoms with Crippen LogP contribution < -0.4 is 4.90 Å². The maximum absolute atomic E-state index is 6.43. The van der Waals surface area contributed by atoms with E-state index in [9.17, 15) is 0 Å². The fourth-order valence-corrected chi connectivity index (χ4v) is 8.34. The molecule has 0 aliphatic heterocycles. The largest absolute Gasteiger partial charge is 0.455 e. The molecule has 0 fully saturated rings. The summed E-state index contributed by atoms with van der Waals surface area (Å²) in [7, 11) is 0. The van der Waals surface area contributed by atoms with E-state index in [-0.39, 0.29) is 5.41 Å². The molecule has 0 bridgehead atoms. The first-order valence-corrected chi connectivity index (χ1v) is 18.3. The molecule has 1 heterocycles. The first-order valence-electron chi connectivity index (χ1n) is 18.3. The topological polar surface area (TPSA) is 16.4 Å². The summed E-state index contributed by atoms with van der Waals surface area (Å²) in [4.78, 5) is 2.37. The normalized spacial score (nSPS) is 12.9. The first kappa shape index (κ1) is 31.1. The summed E-state index contributed by atoms with van der Waals surface area (Å²) in [6.45, 7) is 4.68. The van der Waals surface area contributed by atoms with Crippen molar-refractivity contribution in [3.8, 4) is 44.5 Å². The molecule has 1 aliphatic rings. The summed E-state index contributed by atoms with van der Waals surface area (Å²) in [6.07, 6.45) is 0. The van der Waals surface area contributed by atoms with E-state index in [0.29, 0.717) is 0 Å². The van der Waals surface area contributed by atoms with Crippen LogP contribution >= 0.6 is 0 Å². The third-order valence-corrected chi connectivity index (χ3v) is 11.1. The number of fused-ring (bicyclic) bond motifs is 6. The van der Waals surface area contributed by atoms with Gasteiger partial charge in [-0.2, -0.15) is 0 Å². The minimum Gasteiger partial charge on any atom is -0.455 e. The zero-order valence-electron chi connectivity index (χ0n) is 29.8. The van der Waals surface area contributed by atoms with Crippen LogP contribution in [0.4, 0.5) is 17.1 Å². The predicted octanol–water partition coefficient (Wildman–Crippen LogP) is 14.4. The van der Waals surface area contributed by atoms with Gasteiger partial charge in [-0.1, -0.05) is 147 Å². The van der Waals surface area contributed by atoms with Gasteiger partial charge in [0.05, 0.1) is 0 Å². The zero-order valence-corrected chi connectivity index (χ0v) is 29.8. The summed E-state index contributed by atoms with van der Waals surface area (Å²) >= 11 is 0. The lowest BCUT2D eigenvalue weighted by Crippen LogP contribution is -2.16. The van der Waals surface area contributed by atoms with Crippen molar-refractivity contribution in [1.82, 2.24) is 0 Å². The highest BCUT2D eigenvalue weighted by Gasteiger charge is 2.35. The van der Waals surface area contributed by atoms with Crippen LogP contribution in [0.15, 0.2) is 192 Å². The molecule has 0 radical (unpaired) electrons. The van der Waals surface area contributed by atoms with Gasteiger partial charge in [-0.05, 0) is 105 Å². The van der Waals surface area contributed by atoms with E-state index in [1.165, 1.54) is 44.5 Å². The Bertz CT molecular complexity index is 2780. The van der Waals surface area contributed by atoms with E-state index in [2.05, 4.69) is 201 Å². The highest BCUT2D eigenvalue weighted by Crippen LogP contribution is 2.50. The van der Waals surface area contributed by atoms with Gasteiger partial charge in [0.15, 0.2) is 0 Å². The molecular weight excluding hydrogens is 643 g/mol. The zero-order chi connectivity index (χ0) is 35.5. The molecule has 252 valence electrons. The monoisotopic (exact) mass is 679 g/mol. The Kier molecular flexibility index (Phi) is 7.19. The second-order valence-electron chi connectivity index (χ2n) is 14.6. The Morgan fingerprint density at radius 1 is 0.377 bits per heavy atom. The second kappa shape index (κ2) is 12.3. The Morgan fingerprint density at radius 3 is 1.70 bits per heavy atom. The maximum atomic E-state index is 6.43. The lowest BCUT2D eigenvalue weighted by Gasteiger charge is -2.28. The molecule has 0 atom stereocenters. The SMILES string of the molecule is CC1(C)c2ccccc2-c2ccc(N(c3ccccc3)c3ccc(-c4ccc(-c5cc(-c6ccccc6)c6oc7ccccc7c6c5)cc4)cc3)cc21. The van der Waals surface area contributed by atoms with Gasteiger partial charge in [-0.15, -0.1) is 0 Å². The van der Waals surface area contributed by atoms with E-state index in [1.54, 1.807) is 0 Å². The summed E-state index contributed by atoms with van der Waals surface area (Å²) in [6, 6.07) is 67.8. The number of hydrogen-bond donors (Lipinski definition) is 0. The quantitative estimate of drug-likeness (QED) is 0.174. The third-order valence-electron chi connectivity index (χ3n) is 11.1. The van der Waals surface area contributed by atoms with E-state index < -0.39 is 0 Å². The molecule has 0 unspecified atom stereocenters. The number of benzene rings is 8. The average molecular weight is 680 g/mol. The van der Waals surface area contributed by atoms with Gasteiger partial charge in [-0.25, -0.2) is 0 Å². The number of nitrogens with zero attached hydrogens (tertiary/aromatic N) is 1. The molecule has 2 heteroatoms. The van der Waals surface area contributed by atoms with Crippen molar-refractivity contribution in [2.24, 2.45) is 0 Å². The minimum atomic E-state index is -0.0680. The van der Waals surface area contributed by atoms with E-state index in [4.69, 9.17) is 4.42 Å². The van der Waals surface area contributed by atoms with Gasteiger partial charge in [0.25, 0.3) is 0 Å². The van der Waals surface area contributed by atoms with E-state index >= 15 is 0 Å². The number of rotatable bonds is 6. The van der Waals surface area contributed by atoms with Gasteiger partial charge in [0.2, 0.25) is 0 Å².